The van der Waals surface area contributed by atoms with Crippen molar-refractivity contribution < 1.29 is 14.6 Å². The number of phenols is 1. The summed E-state index contributed by atoms with van der Waals surface area (Å²) in [5.41, 5.74) is 0.572. The quantitative estimate of drug-likeness (QED) is 0.605. The summed E-state index contributed by atoms with van der Waals surface area (Å²) in [6.45, 7) is 2.78. The molecule has 2 atom stereocenters. The molecule has 1 aromatic carbocycles. The molecule has 0 amide bonds. The molecule has 0 bridgehead atoms. The summed E-state index contributed by atoms with van der Waals surface area (Å²) in [4.78, 5) is 11.8. The smallest absolute Gasteiger partial charge is 0.163 e. The third kappa shape index (κ3) is 2.57. The molecule has 3 heteroatoms. The monoisotopic (exact) mass is 206 g/mol. The van der Waals surface area contributed by atoms with Crippen molar-refractivity contribution in [2.24, 2.45) is 5.92 Å². The fraction of sp³-hybridized carbons (Fsp3) is 0.417. The first kappa shape index (κ1) is 10.2. The summed E-state index contributed by atoms with van der Waals surface area (Å²) >= 11 is 0. The Morgan fingerprint density at radius 2 is 2.40 bits per heavy atom. The van der Waals surface area contributed by atoms with Gasteiger partial charge in [0.1, 0.15) is 5.75 Å². The highest BCUT2D eigenvalue weighted by molar-refractivity contribution is 5.96. The van der Waals surface area contributed by atoms with Gasteiger partial charge in [-0.25, -0.2) is 0 Å². The third-order valence-corrected chi connectivity index (χ3v) is 2.67. The molecule has 15 heavy (non-hydrogen) atoms. The van der Waals surface area contributed by atoms with Crippen molar-refractivity contribution in [1.29, 1.82) is 0 Å². The second-order valence-electron chi connectivity index (χ2n) is 4.03. The highest BCUT2D eigenvalue weighted by Gasteiger charge is 2.30. The van der Waals surface area contributed by atoms with Gasteiger partial charge in [0, 0.05) is 12.0 Å². The van der Waals surface area contributed by atoms with Crippen LogP contribution in [0.15, 0.2) is 24.3 Å². The zero-order valence-electron chi connectivity index (χ0n) is 8.64. The van der Waals surface area contributed by atoms with Crippen LogP contribution in [0.3, 0.4) is 0 Å². The van der Waals surface area contributed by atoms with Crippen molar-refractivity contribution in [3.05, 3.63) is 29.8 Å². The first-order valence-electron chi connectivity index (χ1n) is 5.10. The van der Waals surface area contributed by atoms with Crippen molar-refractivity contribution in [2.45, 2.75) is 19.4 Å². The van der Waals surface area contributed by atoms with Gasteiger partial charge in [-0.1, -0.05) is 19.1 Å². The van der Waals surface area contributed by atoms with Gasteiger partial charge in [0.15, 0.2) is 5.78 Å². The van der Waals surface area contributed by atoms with E-state index in [2.05, 4.69) is 0 Å². The summed E-state index contributed by atoms with van der Waals surface area (Å²) < 4.78 is 5.13. The SMILES string of the molecule is CC(CC(=O)c1cccc(O)c1)C1CO1. The van der Waals surface area contributed by atoms with Crippen LogP contribution in [0.1, 0.15) is 23.7 Å². The molecular weight excluding hydrogens is 192 g/mol. The second kappa shape index (κ2) is 4.03. The Labute approximate surface area is 88.7 Å². The van der Waals surface area contributed by atoms with E-state index in [1.807, 2.05) is 6.92 Å². The molecule has 3 nitrogen and oxygen atoms in total. The third-order valence-electron chi connectivity index (χ3n) is 2.67. The van der Waals surface area contributed by atoms with Crippen molar-refractivity contribution in [3.8, 4) is 5.75 Å². The lowest BCUT2D eigenvalue weighted by Gasteiger charge is -2.06. The van der Waals surface area contributed by atoms with E-state index in [-0.39, 0.29) is 23.6 Å². The Balaban J connectivity index is 2.00. The first-order chi connectivity index (χ1) is 7.16. The molecule has 1 aliphatic heterocycles. The zero-order valence-corrected chi connectivity index (χ0v) is 8.64. The number of ketones is 1. The van der Waals surface area contributed by atoms with Gasteiger partial charge in [-0.15, -0.1) is 0 Å². The molecule has 1 saturated heterocycles. The molecule has 1 fully saturated rings. The van der Waals surface area contributed by atoms with E-state index in [0.717, 1.165) is 6.61 Å². The average Bonchev–Trinajstić information content (AvgIpc) is 3.00. The summed E-state index contributed by atoms with van der Waals surface area (Å²) in [6.07, 6.45) is 0.736. The van der Waals surface area contributed by atoms with Gasteiger partial charge >= 0.3 is 0 Å². The van der Waals surface area contributed by atoms with E-state index in [1.54, 1.807) is 18.2 Å². The van der Waals surface area contributed by atoms with E-state index in [9.17, 15) is 9.90 Å². The first-order valence-corrected chi connectivity index (χ1v) is 5.10. The number of hydrogen-bond donors (Lipinski definition) is 1. The molecule has 1 aliphatic rings. The maximum atomic E-state index is 11.8. The Bertz CT molecular complexity index is 369. The zero-order chi connectivity index (χ0) is 10.8. The van der Waals surface area contributed by atoms with Gasteiger partial charge in [0.2, 0.25) is 0 Å². The Morgan fingerprint density at radius 3 is 3.00 bits per heavy atom. The largest absolute Gasteiger partial charge is 0.508 e. The van der Waals surface area contributed by atoms with E-state index in [4.69, 9.17) is 4.74 Å². The fourth-order valence-corrected chi connectivity index (χ4v) is 1.61. The molecule has 0 aliphatic carbocycles. The maximum absolute atomic E-state index is 11.8. The van der Waals surface area contributed by atoms with Crippen LogP contribution in [0, 0.1) is 5.92 Å². The minimum atomic E-state index is 0.0638. The molecular formula is C12H14O3. The topological polar surface area (TPSA) is 49.8 Å². The number of carbonyl (C=O) groups excluding carboxylic acids is 1. The summed E-state index contributed by atoms with van der Waals surface area (Å²) in [5.74, 6) is 0.463. The lowest BCUT2D eigenvalue weighted by molar-refractivity contribution is 0.0956. The maximum Gasteiger partial charge on any atom is 0.163 e. The molecule has 1 aromatic rings. The number of phenolic OH excluding ortho intramolecular Hbond substituents is 1. The van der Waals surface area contributed by atoms with Crippen LogP contribution in [-0.2, 0) is 4.74 Å². The van der Waals surface area contributed by atoms with Crippen molar-refractivity contribution in [2.75, 3.05) is 6.61 Å². The van der Waals surface area contributed by atoms with E-state index >= 15 is 0 Å². The van der Waals surface area contributed by atoms with Gasteiger partial charge in [0.25, 0.3) is 0 Å². The number of benzene rings is 1. The molecule has 2 unspecified atom stereocenters. The highest BCUT2D eigenvalue weighted by atomic mass is 16.6. The predicted octanol–water partition coefficient (Wildman–Crippen LogP) is 2.00. The Hall–Kier alpha value is -1.35. The van der Waals surface area contributed by atoms with E-state index in [1.165, 1.54) is 6.07 Å². The number of epoxide rings is 1. The van der Waals surface area contributed by atoms with Crippen LogP contribution in [0.2, 0.25) is 0 Å². The molecule has 0 saturated carbocycles. The molecule has 1 N–H and O–H groups in total. The van der Waals surface area contributed by atoms with Crippen LogP contribution >= 0.6 is 0 Å². The van der Waals surface area contributed by atoms with Gasteiger partial charge in [-0.2, -0.15) is 0 Å². The van der Waals surface area contributed by atoms with E-state index in [0.29, 0.717) is 12.0 Å². The van der Waals surface area contributed by atoms with E-state index < -0.39 is 0 Å². The van der Waals surface area contributed by atoms with Crippen LogP contribution in [0.25, 0.3) is 0 Å². The Kier molecular flexibility index (Phi) is 2.73. The summed E-state index contributed by atoms with van der Waals surface area (Å²) in [7, 11) is 0. The molecule has 80 valence electrons. The van der Waals surface area contributed by atoms with Gasteiger partial charge in [0.05, 0.1) is 12.7 Å². The summed E-state index contributed by atoms with van der Waals surface area (Å²) in [5, 5.41) is 9.24. The van der Waals surface area contributed by atoms with Crippen LogP contribution in [-0.4, -0.2) is 23.6 Å². The van der Waals surface area contributed by atoms with Crippen LogP contribution in [0.4, 0.5) is 0 Å². The van der Waals surface area contributed by atoms with Crippen molar-refractivity contribution in [1.82, 2.24) is 0 Å². The van der Waals surface area contributed by atoms with Gasteiger partial charge < -0.3 is 9.84 Å². The van der Waals surface area contributed by atoms with Crippen LogP contribution in [0.5, 0.6) is 5.75 Å². The number of rotatable bonds is 4. The molecule has 0 spiro atoms. The number of Topliss-reactive ketones (excluding diaryl/α,β-unsaturated/α-hetero) is 1. The van der Waals surface area contributed by atoms with Crippen molar-refractivity contribution in [3.63, 3.8) is 0 Å². The van der Waals surface area contributed by atoms with Crippen molar-refractivity contribution >= 4 is 5.78 Å². The highest BCUT2D eigenvalue weighted by Crippen LogP contribution is 2.24. The molecule has 0 aromatic heterocycles. The molecule has 2 rings (SSSR count). The van der Waals surface area contributed by atoms with Gasteiger partial charge in [-0.3, -0.25) is 4.79 Å². The predicted molar refractivity (Wildman–Crippen MR) is 56.0 cm³/mol. The lowest BCUT2D eigenvalue weighted by atomic mass is 9.97. The van der Waals surface area contributed by atoms with Crippen LogP contribution < -0.4 is 0 Å². The number of carbonyl (C=O) groups is 1. The standard InChI is InChI=1S/C12H14O3/c1-8(12-7-15-12)5-11(14)9-3-2-4-10(13)6-9/h2-4,6,8,12-13H,5,7H2,1H3. The summed E-state index contributed by atoms with van der Waals surface area (Å²) in [6, 6.07) is 6.47. The minimum absolute atomic E-state index is 0.0638. The minimum Gasteiger partial charge on any atom is -0.508 e. The average molecular weight is 206 g/mol. The number of ether oxygens (including phenoxy) is 1. The normalized spacial score (nSPS) is 21.0. The Morgan fingerprint density at radius 1 is 1.67 bits per heavy atom. The fourth-order valence-electron chi connectivity index (χ4n) is 1.61. The lowest BCUT2D eigenvalue weighted by Crippen LogP contribution is -2.10. The second-order valence-corrected chi connectivity index (χ2v) is 4.03. The molecule has 0 radical (unpaired) electrons. The number of hydrogen-bond acceptors (Lipinski definition) is 3. The van der Waals surface area contributed by atoms with Gasteiger partial charge in [-0.05, 0) is 18.1 Å². The molecule has 1 heterocycles. The number of aromatic hydroxyl groups is 1.